The van der Waals surface area contributed by atoms with Crippen LogP contribution in [0.3, 0.4) is 0 Å². The van der Waals surface area contributed by atoms with Crippen molar-refractivity contribution in [2.75, 3.05) is 17.9 Å². The molecule has 29 heavy (non-hydrogen) atoms. The Hall–Kier alpha value is -1.87. The van der Waals surface area contributed by atoms with Crippen molar-refractivity contribution in [2.24, 2.45) is 11.7 Å². The van der Waals surface area contributed by atoms with Crippen molar-refractivity contribution >= 4 is 34.7 Å². The van der Waals surface area contributed by atoms with Gasteiger partial charge in [-0.05, 0) is 12.2 Å². The number of carbonyl (C=O) groups excluding carboxylic acids is 1. The van der Waals surface area contributed by atoms with Crippen LogP contribution in [-0.2, 0) is 9.53 Å². The number of aliphatic hydroxyl groups is 3. The summed E-state index contributed by atoms with van der Waals surface area (Å²) in [6, 6.07) is -0.953. The summed E-state index contributed by atoms with van der Waals surface area (Å²) in [5.41, 5.74) is 6.09. The third-order valence-corrected chi connectivity index (χ3v) is 5.32. The number of aromatic nitrogens is 4. The summed E-state index contributed by atoms with van der Waals surface area (Å²) >= 11 is 1.17. The minimum atomic E-state index is -1.35. The fourth-order valence-electron chi connectivity index (χ4n) is 2.95. The smallest absolute Gasteiger partial charge is 0.269 e. The molecule has 3 rings (SSSR count). The number of fused-ring (bicyclic) bond motifs is 1. The Balaban J connectivity index is 2.07. The van der Waals surface area contributed by atoms with Crippen molar-refractivity contribution in [3.8, 4) is 0 Å². The lowest BCUT2D eigenvalue weighted by atomic mass is 10.1. The fourth-order valence-corrected chi connectivity index (χ4v) is 3.30. The Morgan fingerprint density at radius 3 is 2.62 bits per heavy atom. The third kappa shape index (κ3) is 3.82. The molecule has 5 atom stereocenters. The van der Waals surface area contributed by atoms with E-state index in [4.69, 9.17) is 10.5 Å². The Bertz CT molecular complexity index is 894. The van der Waals surface area contributed by atoms with Gasteiger partial charge in [0, 0.05) is 0 Å². The highest BCUT2D eigenvalue weighted by Crippen LogP contribution is 2.33. The number of imidazole rings is 1. The lowest BCUT2D eigenvalue weighted by molar-refractivity contribution is -0.125. The molecule has 1 saturated heterocycles. The van der Waals surface area contributed by atoms with Crippen LogP contribution in [0, 0.1) is 5.92 Å². The molecule has 2 aromatic heterocycles. The highest BCUT2D eigenvalue weighted by atomic mass is 32.2. The van der Waals surface area contributed by atoms with Gasteiger partial charge in [-0.1, -0.05) is 25.6 Å². The molecule has 0 spiro atoms. The van der Waals surface area contributed by atoms with Crippen LogP contribution >= 0.6 is 11.8 Å². The van der Waals surface area contributed by atoms with Crippen LogP contribution in [0.5, 0.6) is 0 Å². The van der Waals surface area contributed by atoms with Crippen LogP contribution in [0.2, 0.25) is 0 Å². The summed E-state index contributed by atoms with van der Waals surface area (Å²) in [6.45, 7) is 3.01. The van der Waals surface area contributed by atoms with Crippen molar-refractivity contribution < 1.29 is 30.1 Å². The zero-order valence-electron chi connectivity index (χ0n) is 16.1. The number of ether oxygens (including phenoxy) is 1. The first-order valence-corrected chi connectivity index (χ1v) is 10.1. The molecule has 12 nitrogen and oxygen atoms in total. The maximum absolute atomic E-state index is 12.5. The second-order valence-corrected chi connectivity index (χ2v) is 7.78. The Labute approximate surface area is 170 Å². The molecule has 0 saturated carbocycles. The number of hydrogen-bond donors (Lipinski definition) is 5. The van der Waals surface area contributed by atoms with E-state index in [-0.39, 0.29) is 28.1 Å². The van der Waals surface area contributed by atoms with E-state index in [1.807, 2.05) is 0 Å². The van der Waals surface area contributed by atoms with Crippen LogP contribution < -0.4 is 10.8 Å². The van der Waals surface area contributed by atoms with Gasteiger partial charge in [-0.2, -0.15) is 10.0 Å². The Kier molecular flexibility index (Phi) is 6.38. The van der Waals surface area contributed by atoms with Crippen molar-refractivity contribution in [3.05, 3.63) is 6.33 Å². The number of nitrogens with two attached hydrogens (primary N) is 1. The van der Waals surface area contributed by atoms with Crippen molar-refractivity contribution in [2.45, 2.75) is 49.6 Å². The minimum Gasteiger partial charge on any atom is -0.394 e. The molecule has 0 aliphatic carbocycles. The first-order valence-electron chi connectivity index (χ1n) is 8.90. The standard InChI is InChI=1S/C16H24N6O6S/c1-6(2)8(17)14(26)22(27)13-9-12(19-16(20-13)29-3)21(5-18-9)15-11(25)10(24)7(4-23)28-15/h5-8,10-11,15,23-25,27H,4,17H2,1-3H3/t7-,8+,10-,11-,15-/m1/s1. The predicted molar refractivity (Wildman–Crippen MR) is 102 cm³/mol. The van der Waals surface area contributed by atoms with E-state index in [0.29, 0.717) is 5.06 Å². The number of hydroxylamine groups is 1. The molecule has 160 valence electrons. The van der Waals surface area contributed by atoms with E-state index in [0.717, 1.165) is 0 Å². The molecule has 1 fully saturated rings. The number of hydrogen-bond acceptors (Lipinski definition) is 11. The van der Waals surface area contributed by atoms with Crippen molar-refractivity contribution in [1.82, 2.24) is 19.5 Å². The highest BCUT2D eigenvalue weighted by Gasteiger charge is 2.44. The molecular weight excluding hydrogens is 404 g/mol. The van der Waals surface area contributed by atoms with Gasteiger partial charge < -0.3 is 25.8 Å². The van der Waals surface area contributed by atoms with Gasteiger partial charge in [-0.3, -0.25) is 14.6 Å². The molecule has 0 unspecified atom stereocenters. The Morgan fingerprint density at radius 1 is 1.38 bits per heavy atom. The van der Waals surface area contributed by atoms with E-state index in [1.54, 1.807) is 20.1 Å². The second kappa shape index (κ2) is 8.47. The van der Waals surface area contributed by atoms with E-state index in [2.05, 4.69) is 15.0 Å². The quantitative estimate of drug-likeness (QED) is 0.162. The molecule has 1 aliphatic rings. The van der Waals surface area contributed by atoms with Gasteiger partial charge in [0.15, 0.2) is 28.4 Å². The molecule has 0 aromatic carbocycles. The monoisotopic (exact) mass is 428 g/mol. The molecule has 0 radical (unpaired) electrons. The normalized spacial score (nSPS) is 25.7. The van der Waals surface area contributed by atoms with Crippen LogP contribution in [0.4, 0.5) is 5.82 Å². The SMILES string of the molecule is CSc1nc(N(O)C(=O)[C@@H](N)C(C)C)c2ncn([C@@H]3O[C@H](CO)[C@@H](O)[C@H]3O)c2n1. The van der Waals surface area contributed by atoms with Gasteiger partial charge in [-0.25, -0.2) is 9.97 Å². The predicted octanol–water partition coefficient (Wildman–Crippen LogP) is -1.13. The fraction of sp³-hybridized carbons (Fsp3) is 0.625. The number of anilines is 1. The van der Waals surface area contributed by atoms with Gasteiger partial charge >= 0.3 is 0 Å². The van der Waals surface area contributed by atoms with Crippen molar-refractivity contribution in [3.63, 3.8) is 0 Å². The van der Waals surface area contributed by atoms with E-state index in [9.17, 15) is 25.3 Å². The van der Waals surface area contributed by atoms with Crippen LogP contribution in [-0.4, -0.2) is 83.2 Å². The first-order chi connectivity index (χ1) is 13.7. The number of nitrogens with zero attached hydrogens (tertiary/aromatic N) is 5. The summed E-state index contributed by atoms with van der Waals surface area (Å²) in [4.78, 5) is 25.1. The zero-order chi connectivity index (χ0) is 21.5. The van der Waals surface area contributed by atoms with E-state index < -0.39 is 43.1 Å². The van der Waals surface area contributed by atoms with Gasteiger partial charge in [0.1, 0.15) is 18.3 Å². The third-order valence-electron chi connectivity index (χ3n) is 4.77. The maximum atomic E-state index is 12.5. The van der Waals surface area contributed by atoms with Crippen molar-refractivity contribution in [1.29, 1.82) is 0 Å². The topological polar surface area (TPSA) is 180 Å². The number of amides is 1. The molecule has 1 amide bonds. The zero-order valence-corrected chi connectivity index (χ0v) is 16.9. The van der Waals surface area contributed by atoms with Crippen LogP contribution in [0.15, 0.2) is 11.5 Å². The number of aliphatic hydroxyl groups excluding tert-OH is 3. The summed E-state index contributed by atoms with van der Waals surface area (Å²) in [5, 5.41) is 40.7. The number of rotatable bonds is 6. The average Bonchev–Trinajstić information content (AvgIpc) is 3.26. The molecule has 0 bridgehead atoms. The average molecular weight is 428 g/mol. The first kappa shape index (κ1) is 21.8. The van der Waals surface area contributed by atoms with Gasteiger partial charge in [0.25, 0.3) is 5.91 Å². The Morgan fingerprint density at radius 2 is 2.07 bits per heavy atom. The molecule has 3 heterocycles. The van der Waals surface area contributed by atoms with Gasteiger partial charge in [-0.15, -0.1) is 0 Å². The summed E-state index contributed by atoms with van der Waals surface area (Å²) < 4.78 is 6.87. The largest absolute Gasteiger partial charge is 0.394 e. The van der Waals surface area contributed by atoms with Crippen LogP contribution in [0.1, 0.15) is 20.1 Å². The van der Waals surface area contributed by atoms with Crippen LogP contribution in [0.25, 0.3) is 11.2 Å². The number of carbonyl (C=O) groups is 1. The summed E-state index contributed by atoms with van der Waals surface area (Å²) in [7, 11) is 0. The van der Waals surface area contributed by atoms with E-state index in [1.165, 1.54) is 22.7 Å². The summed E-state index contributed by atoms with van der Waals surface area (Å²) in [5.74, 6) is -1.13. The second-order valence-electron chi connectivity index (χ2n) is 7.01. The lowest BCUT2D eigenvalue weighted by Crippen LogP contribution is -2.45. The molecule has 2 aromatic rings. The van der Waals surface area contributed by atoms with Gasteiger partial charge in [0.2, 0.25) is 0 Å². The number of thioether (sulfide) groups is 1. The van der Waals surface area contributed by atoms with Gasteiger partial charge in [0.05, 0.1) is 19.0 Å². The minimum absolute atomic E-state index is 0.0762. The molecule has 6 N–H and O–H groups in total. The summed E-state index contributed by atoms with van der Waals surface area (Å²) in [6.07, 6.45) is -1.71. The highest BCUT2D eigenvalue weighted by molar-refractivity contribution is 7.98. The van der Waals surface area contributed by atoms with E-state index >= 15 is 0 Å². The molecule has 13 heteroatoms. The molecular formula is C16H24N6O6S. The maximum Gasteiger partial charge on any atom is 0.269 e. The molecule has 1 aliphatic heterocycles. The lowest BCUT2D eigenvalue weighted by Gasteiger charge is -2.21.